The van der Waals surface area contributed by atoms with Gasteiger partial charge in [0.2, 0.25) is 5.91 Å². The molecule has 8 heteroatoms. The summed E-state index contributed by atoms with van der Waals surface area (Å²) in [5.41, 5.74) is 3.82. The molecule has 1 aromatic carbocycles. The van der Waals surface area contributed by atoms with Gasteiger partial charge in [-0.15, -0.1) is 11.8 Å². The number of amides is 1. The van der Waals surface area contributed by atoms with Gasteiger partial charge in [-0.2, -0.15) is 0 Å². The molecule has 0 fully saturated rings. The van der Waals surface area contributed by atoms with Crippen LogP contribution < -0.4 is 10.9 Å². The highest BCUT2D eigenvalue weighted by Crippen LogP contribution is 2.18. The average Bonchev–Trinajstić information content (AvgIpc) is 2.69. The number of pyridine rings is 1. The quantitative estimate of drug-likeness (QED) is 0.627. The summed E-state index contributed by atoms with van der Waals surface area (Å²) in [5, 5.41) is 2.81. The van der Waals surface area contributed by atoms with Crippen LogP contribution in [0.1, 0.15) is 27.2 Å². The van der Waals surface area contributed by atoms with Crippen molar-refractivity contribution in [2.75, 3.05) is 18.2 Å². The number of aryl methyl sites for hydroxylation is 2. The molecule has 2 aromatic heterocycles. The van der Waals surface area contributed by atoms with Crippen LogP contribution in [0.5, 0.6) is 0 Å². The number of methoxy groups -OCH3 is 1. The minimum absolute atomic E-state index is 0.144. The number of fused-ring (bicyclic) bond motifs is 1. The highest BCUT2D eigenvalue weighted by molar-refractivity contribution is 7.99. The SMILES string of the molecule is COC(=O)c1ccc(C)c(NC(=O)CSCc2cc(=O)n3cc(C)ccc3n2)c1. The maximum Gasteiger partial charge on any atom is 0.337 e. The van der Waals surface area contributed by atoms with Crippen LogP contribution in [0.2, 0.25) is 0 Å². The zero-order valence-electron chi connectivity index (χ0n) is 16.4. The molecule has 0 aliphatic rings. The summed E-state index contributed by atoms with van der Waals surface area (Å²) in [6.45, 7) is 3.76. The molecule has 0 saturated carbocycles. The van der Waals surface area contributed by atoms with E-state index in [1.807, 2.05) is 19.9 Å². The number of esters is 1. The third kappa shape index (κ3) is 5.03. The number of anilines is 1. The van der Waals surface area contributed by atoms with E-state index in [0.29, 0.717) is 28.3 Å². The van der Waals surface area contributed by atoms with Gasteiger partial charge in [0.05, 0.1) is 24.1 Å². The van der Waals surface area contributed by atoms with Crippen LogP contribution in [0.25, 0.3) is 5.65 Å². The first kappa shape index (κ1) is 20.6. The number of nitrogens with zero attached hydrogens (tertiary/aromatic N) is 2. The van der Waals surface area contributed by atoms with E-state index in [1.54, 1.807) is 30.5 Å². The van der Waals surface area contributed by atoms with Crippen LogP contribution in [0, 0.1) is 13.8 Å². The molecule has 0 aliphatic carbocycles. The number of nitrogens with one attached hydrogen (secondary N) is 1. The van der Waals surface area contributed by atoms with Crippen LogP contribution in [-0.2, 0) is 15.3 Å². The van der Waals surface area contributed by atoms with Crippen molar-refractivity contribution in [3.05, 3.63) is 75.3 Å². The second-order valence-corrected chi connectivity index (χ2v) is 7.57. The molecule has 0 radical (unpaired) electrons. The van der Waals surface area contributed by atoms with E-state index in [1.165, 1.54) is 29.3 Å². The summed E-state index contributed by atoms with van der Waals surface area (Å²) in [7, 11) is 1.31. The topological polar surface area (TPSA) is 89.8 Å². The van der Waals surface area contributed by atoms with Gasteiger partial charge in [-0.05, 0) is 43.2 Å². The van der Waals surface area contributed by atoms with Gasteiger partial charge in [0.25, 0.3) is 5.56 Å². The predicted molar refractivity (Wildman–Crippen MR) is 114 cm³/mol. The second-order valence-electron chi connectivity index (χ2n) is 6.58. The number of carbonyl (C=O) groups is 2. The van der Waals surface area contributed by atoms with E-state index in [-0.39, 0.29) is 17.2 Å². The van der Waals surface area contributed by atoms with Crippen molar-refractivity contribution in [1.29, 1.82) is 0 Å². The maximum atomic E-state index is 12.3. The lowest BCUT2D eigenvalue weighted by Crippen LogP contribution is -2.17. The summed E-state index contributed by atoms with van der Waals surface area (Å²) in [5.74, 6) is -0.0302. The van der Waals surface area contributed by atoms with Crippen molar-refractivity contribution in [1.82, 2.24) is 9.38 Å². The van der Waals surface area contributed by atoms with E-state index >= 15 is 0 Å². The lowest BCUT2D eigenvalue weighted by Gasteiger charge is -2.10. The summed E-state index contributed by atoms with van der Waals surface area (Å²) in [6, 6.07) is 10.2. The van der Waals surface area contributed by atoms with Crippen molar-refractivity contribution >= 4 is 35.0 Å². The van der Waals surface area contributed by atoms with Gasteiger partial charge in [-0.3, -0.25) is 14.0 Å². The smallest absolute Gasteiger partial charge is 0.337 e. The van der Waals surface area contributed by atoms with Gasteiger partial charge in [0.15, 0.2) is 0 Å². The van der Waals surface area contributed by atoms with Crippen LogP contribution in [-0.4, -0.2) is 34.1 Å². The van der Waals surface area contributed by atoms with E-state index in [2.05, 4.69) is 10.3 Å². The second kappa shape index (κ2) is 8.91. The van der Waals surface area contributed by atoms with E-state index in [9.17, 15) is 14.4 Å². The molecule has 0 unspecified atom stereocenters. The molecule has 0 bridgehead atoms. The van der Waals surface area contributed by atoms with Gasteiger partial charge in [-0.25, -0.2) is 9.78 Å². The van der Waals surface area contributed by atoms with Crippen molar-refractivity contribution in [3.8, 4) is 0 Å². The van der Waals surface area contributed by atoms with E-state index < -0.39 is 5.97 Å². The lowest BCUT2D eigenvalue weighted by molar-refractivity contribution is -0.113. The van der Waals surface area contributed by atoms with Crippen molar-refractivity contribution in [3.63, 3.8) is 0 Å². The molecule has 3 aromatic rings. The Hall–Kier alpha value is -3.13. The Labute approximate surface area is 172 Å². The molecule has 7 nitrogen and oxygen atoms in total. The Morgan fingerprint density at radius 3 is 2.72 bits per heavy atom. The molecule has 0 spiro atoms. The van der Waals surface area contributed by atoms with Crippen LogP contribution in [0.4, 0.5) is 5.69 Å². The molecule has 150 valence electrons. The molecule has 2 heterocycles. The zero-order valence-corrected chi connectivity index (χ0v) is 17.2. The Morgan fingerprint density at radius 1 is 1.17 bits per heavy atom. The number of rotatable bonds is 6. The normalized spacial score (nSPS) is 10.7. The largest absolute Gasteiger partial charge is 0.465 e. The fraction of sp³-hybridized carbons (Fsp3) is 0.238. The number of ether oxygens (including phenoxy) is 1. The van der Waals surface area contributed by atoms with Crippen molar-refractivity contribution < 1.29 is 14.3 Å². The number of benzene rings is 1. The third-order valence-electron chi connectivity index (χ3n) is 4.28. The number of carbonyl (C=O) groups excluding carboxylic acids is 2. The number of hydrogen-bond donors (Lipinski definition) is 1. The third-order valence-corrected chi connectivity index (χ3v) is 5.24. The fourth-order valence-electron chi connectivity index (χ4n) is 2.77. The maximum absolute atomic E-state index is 12.3. The molecule has 1 N–H and O–H groups in total. The van der Waals surface area contributed by atoms with Crippen LogP contribution >= 0.6 is 11.8 Å². The molecule has 1 amide bonds. The summed E-state index contributed by atoms with van der Waals surface area (Å²) in [6.07, 6.45) is 1.75. The van der Waals surface area contributed by atoms with Gasteiger partial charge in [0.1, 0.15) is 5.65 Å². The Bertz CT molecular complexity index is 1140. The molecule has 0 atom stereocenters. The standard InChI is InChI=1S/C21H21N3O4S/c1-13-4-7-18-22-16(9-20(26)24(18)10-13)11-29-12-19(25)23-17-8-15(21(27)28-3)6-5-14(17)2/h4-10H,11-12H2,1-3H3,(H,23,25). The number of thioether (sulfide) groups is 1. The monoisotopic (exact) mass is 411 g/mol. The molecule has 3 rings (SSSR count). The Balaban J connectivity index is 1.62. The van der Waals surface area contributed by atoms with Crippen LogP contribution in [0.3, 0.4) is 0 Å². The first-order chi connectivity index (χ1) is 13.9. The van der Waals surface area contributed by atoms with Gasteiger partial charge >= 0.3 is 5.97 Å². The Kier molecular flexibility index (Phi) is 6.33. The predicted octanol–water partition coefficient (Wildman–Crippen LogP) is 2.97. The average molecular weight is 411 g/mol. The van der Waals surface area contributed by atoms with Gasteiger partial charge in [-0.1, -0.05) is 12.1 Å². The first-order valence-corrected chi connectivity index (χ1v) is 10.1. The molecule has 0 saturated heterocycles. The van der Waals surface area contributed by atoms with E-state index in [4.69, 9.17) is 4.74 Å². The van der Waals surface area contributed by atoms with Gasteiger partial charge < -0.3 is 10.1 Å². The van der Waals surface area contributed by atoms with E-state index in [0.717, 1.165) is 11.1 Å². The number of hydrogen-bond acceptors (Lipinski definition) is 6. The Morgan fingerprint density at radius 2 is 1.97 bits per heavy atom. The zero-order chi connectivity index (χ0) is 21.0. The van der Waals surface area contributed by atoms with Crippen LogP contribution in [0.15, 0.2) is 47.4 Å². The summed E-state index contributed by atoms with van der Waals surface area (Å²) in [4.78, 5) is 40.7. The van der Waals surface area contributed by atoms with Crippen molar-refractivity contribution in [2.24, 2.45) is 0 Å². The minimum Gasteiger partial charge on any atom is -0.465 e. The summed E-state index contributed by atoms with van der Waals surface area (Å²) >= 11 is 1.36. The molecule has 29 heavy (non-hydrogen) atoms. The highest BCUT2D eigenvalue weighted by atomic mass is 32.2. The summed E-state index contributed by atoms with van der Waals surface area (Å²) < 4.78 is 6.21. The molecular formula is C21H21N3O4S. The molecule has 0 aliphatic heterocycles. The van der Waals surface area contributed by atoms with Gasteiger partial charge in [0, 0.05) is 23.7 Å². The minimum atomic E-state index is -0.460. The first-order valence-electron chi connectivity index (χ1n) is 8.93. The lowest BCUT2D eigenvalue weighted by atomic mass is 10.1. The van der Waals surface area contributed by atoms with Crippen molar-refractivity contribution in [2.45, 2.75) is 19.6 Å². The number of aromatic nitrogens is 2. The fourth-order valence-corrected chi connectivity index (χ4v) is 3.48. The highest BCUT2D eigenvalue weighted by Gasteiger charge is 2.11. The molecular weight excluding hydrogens is 390 g/mol.